The van der Waals surface area contributed by atoms with Gasteiger partial charge in [0, 0.05) is 11.8 Å². The van der Waals surface area contributed by atoms with Crippen molar-refractivity contribution >= 4 is 17.6 Å². The van der Waals surface area contributed by atoms with Crippen LogP contribution in [-0.2, 0) is 20.7 Å². The van der Waals surface area contributed by atoms with Crippen LogP contribution >= 0.6 is 0 Å². The molecule has 1 amide bonds. The quantitative estimate of drug-likeness (QED) is 0.780. The minimum Gasteiger partial charge on any atom is -0.494 e. The molecule has 0 bridgehead atoms. The molecule has 2 rings (SSSR count). The first-order valence-electron chi connectivity index (χ1n) is 7.60. The third-order valence-corrected chi connectivity index (χ3v) is 3.15. The zero-order chi connectivity index (χ0) is 18.2. The van der Waals surface area contributed by atoms with Crippen LogP contribution in [0.4, 0.5) is 14.5 Å². The Morgan fingerprint density at radius 3 is 2.40 bits per heavy atom. The molecule has 0 aliphatic rings. The maximum Gasteiger partial charge on any atom is 0.310 e. The van der Waals surface area contributed by atoms with Crippen LogP contribution in [0.5, 0.6) is 5.75 Å². The summed E-state index contributed by atoms with van der Waals surface area (Å²) in [4.78, 5) is 23.4. The van der Waals surface area contributed by atoms with Crippen molar-refractivity contribution in [2.24, 2.45) is 0 Å². The Labute approximate surface area is 143 Å². The van der Waals surface area contributed by atoms with Crippen LogP contribution in [0.15, 0.2) is 42.5 Å². The fourth-order valence-electron chi connectivity index (χ4n) is 2.00. The molecule has 0 aromatic heterocycles. The van der Waals surface area contributed by atoms with E-state index < -0.39 is 30.1 Å². The lowest BCUT2D eigenvalue weighted by molar-refractivity contribution is -0.146. The highest BCUT2D eigenvalue weighted by molar-refractivity contribution is 5.92. The molecule has 0 unspecified atom stereocenters. The number of hydrogen-bond donors (Lipinski definition) is 1. The number of rotatable bonds is 7. The molecule has 5 nitrogen and oxygen atoms in total. The van der Waals surface area contributed by atoms with Crippen LogP contribution in [0.3, 0.4) is 0 Å². The summed E-state index contributed by atoms with van der Waals surface area (Å²) >= 11 is 0. The number of amides is 1. The minimum absolute atomic E-state index is 0.00482. The number of ether oxygens (including phenoxy) is 2. The second-order valence-corrected chi connectivity index (χ2v) is 5.09. The summed E-state index contributed by atoms with van der Waals surface area (Å²) in [5.74, 6) is -2.62. The molecule has 0 saturated heterocycles. The summed E-state index contributed by atoms with van der Waals surface area (Å²) in [7, 11) is 0. The number of anilines is 1. The zero-order valence-electron chi connectivity index (χ0n) is 13.6. The summed E-state index contributed by atoms with van der Waals surface area (Å²) < 4.78 is 36.0. The number of hydrogen-bond acceptors (Lipinski definition) is 4. The summed E-state index contributed by atoms with van der Waals surface area (Å²) in [5, 5.41) is 2.31. The van der Waals surface area contributed by atoms with Crippen LogP contribution in [0, 0.1) is 11.6 Å². The van der Waals surface area contributed by atoms with E-state index in [1.807, 2.05) is 6.92 Å². The largest absolute Gasteiger partial charge is 0.494 e. The third-order valence-electron chi connectivity index (χ3n) is 3.15. The van der Waals surface area contributed by atoms with E-state index in [0.717, 1.165) is 17.7 Å². The van der Waals surface area contributed by atoms with Crippen LogP contribution in [-0.4, -0.2) is 25.1 Å². The molecular weight excluding hydrogens is 332 g/mol. The zero-order valence-corrected chi connectivity index (χ0v) is 13.6. The van der Waals surface area contributed by atoms with Gasteiger partial charge in [-0.1, -0.05) is 12.1 Å². The Kier molecular flexibility index (Phi) is 6.45. The van der Waals surface area contributed by atoms with Crippen LogP contribution in [0.25, 0.3) is 0 Å². The first-order chi connectivity index (χ1) is 12.0. The SMILES string of the molecule is CCOc1ccc(CC(=O)OCC(=O)Nc2ccc(F)c(F)c2)cc1. The lowest BCUT2D eigenvalue weighted by Crippen LogP contribution is -2.21. The van der Waals surface area contributed by atoms with Gasteiger partial charge in [-0.2, -0.15) is 0 Å². The smallest absolute Gasteiger partial charge is 0.310 e. The minimum atomic E-state index is -1.08. The van der Waals surface area contributed by atoms with Crippen LogP contribution in [0.1, 0.15) is 12.5 Å². The molecular formula is C18H17F2NO4. The van der Waals surface area contributed by atoms with Gasteiger partial charge in [0.2, 0.25) is 0 Å². The molecule has 0 aliphatic heterocycles. The number of carbonyl (C=O) groups excluding carboxylic acids is 2. The standard InChI is InChI=1S/C18H17F2NO4/c1-2-24-14-6-3-12(4-7-14)9-18(23)25-11-17(22)21-13-5-8-15(19)16(20)10-13/h3-8,10H,2,9,11H2,1H3,(H,21,22). The van der Waals surface area contributed by atoms with Gasteiger partial charge in [0.1, 0.15) is 5.75 Å². The van der Waals surface area contributed by atoms with Gasteiger partial charge >= 0.3 is 5.97 Å². The first kappa shape index (κ1) is 18.4. The summed E-state index contributed by atoms with van der Waals surface area (Å²) in [6, 6.07) is 9.88. The van der Waals surface area contributed by atoms with Crippen LogP contribution < -0.4 is 10.1 Å². The van der Waals surface area contributed by atoms with Gasteiger partial charge in [0.15, 0.2) is 18.2 Å². The lowest BCUT2D eigenvalue weighted by atomic mass is 10.1. The molecule has 0 heterocycles. The topological polar surface area (TPSA) is 64.6 Å². The summed E-state index contributed by atoms with van der Waals surface area (Å²) in [6.45, 7) is 1.90. The molecule has 2 aromatic rings. The molecule has 0 aliphatic carbocycles. The Balaban J connectivity index is 1.78. The van der Waals surface area contributed by atoms with Gasteiger partial charge in [0.05, 0.1) is 13.0 Å². The van der Waals surface area contributed by atoms with E-state index in [0.29, 0.717) is 12.4 Å². The highest BCUT2D eigenvalue weighted by atomic mass is 19.2. The average molecular weight is 349 g/mol. The Bertz CT molecular complexity index is 747. The Morgan fingerprint density at radius 2 is 1.76 bits per heavy atom. The van der Waals surface area contributed by atoms with E-state index in [1.54, 1.807) is 24.3 Å². The van der Waals surface area contributed by atoms with Crippen LogP contribution in [0.2, 0.25) is 0 Å². The molecule has 0 fully saturated rings. The molecule has 0 saturated carbocycles. The number of nitrogens with one attached hydrogen (secondary N) is 1. The summed E-state index contributed by atoms with van der Waals surface area (Å²) in [6.07, 6.45) is 0.00482. The molecule has 2 aromatic carbocycles. The second kappa shape index (κ2) is 8.77. The fourth-order valence-corrected chi connectivity index (χ4v) is 2.00. The second-order valence-electron chi connectivity index (χ2n) is 5.09. The molecule has 25 heavy (non-hydrogen) atoms. The maximum absolute atomic E-state index is 13.0. The predicted octanol–water partition coefficient (Wildman–Crippen LogP) is 3.09. The highest BCUT2D eigenvalue weighted by Gasteiger charge is 2.10. The monoisotopic (exact) mass is 349 g/mol. The van der Waals surface area contributed by atoms with Crippen molar-refractivity contribution < 1.29 is 27.8 Å². The van der Waals surface area contributed by atoms with Crippen molar-refractivity contribution in [1.82, 2.24) is 0 Å². The molecule has 0 radical (unpaired) electrons. The first-order valence-corrected chi connectivity index (χ1v) is 7.60. The van der Waals surface area contributed by atoms with E-state index in [2.05, 4.69) is 5.32 Å². The number of benzene rings is 2. The van der Waals surface area contributed by atoms with Gasteiger partial charge in [-0.3, -0.25) is 9.59 Å². The number of halogens is 2. The van der Waals surface area contributed by atoms with Crippen molar-refractivity contribution in [2.75, 3.05) is 18.5 Å². The molecule has 0 atom stereocenters. The van der Waals surface area contributed by atoms with E-state index in [9.17, 15) is 18.4 Å². The third kappa shape index (κ3) is 5.87. The van der Waals surface area contributed by atoms with Gasteiger partial charge < -0.3 is 14.8 Å². The molecule has 7 heteroatoms. The van der Waals surface area contributed by atoms with Gasteiger partial charge in [-0.25, -0.2) is 8.78 Å². The molecule has 1 N–H and O–H groups in total. The average Bonchev–Trinajstić information content (AvgIpc) is 2.58. The predicted molar refractivity (Wildman–Crippen MR) is 87.3 cm³/mol. The van der Waals surface area contributed by atoms with E-state index in [-0.39, 0.29) is 12.1 Å². The van der Waals surface area contributed by atoms with Crippen molar-refractivity contribution in [3.05, 3.63) is 59.7 Å². The van der Waals surface area contributed by atoms with Gasteiger partial charge in [0.25, 0.3) is 5.91 Å². The maximum atomic E-state index is 13.0. The Morgan fingerprint density at radius 1 is 1.04 bits per heavy atom. The van der Waals surface area contributed by atoms with E-state index >= 15 is 0 Å². The summed E-state index contributed by atoms with van der Waals surface area (Å²) in [5.41, 5.74) is 0.793. The van der Waals surface area contributed by atoms with Crippen molar-refractivity contribution in [3.8, 4) is 5.75 Å². The number of carbonyl (C=O) groups is 2. The van der Waals surface area contributed by atoms with E-state index in [4.69, 9.17) is 9.47 Å². The fraction of sp³-hybridized carbons (Fsp3) is 0.222. The van der Waals surface area contributed by atoms with Crippen molar-refractivity contribution in [1.29, 1.82) is 0 Å². The van der Waals surface area contributed by atoms with Crippen molar-refractivity contribution in [3.63, 3.8) is 0 Å². The molecule has 0 spiro atoms. The lowest BCUT2D eigenvalue weighted by Gasteiger charge is -2.08. The van der Waals surface area contributed by atoms with Gasteiger partial charge in [-0.05, 0) is 36.8 Å². The normalized spacial score (nSPS) is 10.2. The number of esters is 1. The Hall–Kier alpha value is -2.96. The molecule has 132 valence electrons. The highest BCUT2D eigenvalue weighted by Crippen LogP contribution is 2.14. The van der Waals surface area contributed by atoms with Gasteiger partial charge in [-0.15, -0.1) is 0 Å². The van der Waals surface area contributed by atoms with E-state index in [1.165, 1.54) is 6.07 Å². The van der Waals surface area contributed by atoms with Crippen molar-refractivity contribution in [2.45, 2.75) is 13.3 Å².